The fourth-order valence-electron chi connectivity index (χ4n) is 6.16. The number of benzene rings is 1. The Morgan fingerprint density at radius 3 is 2.26 bits per heavy atom. The van der Waals surface area contributed by atoms with Crippen LogP contribution < -0.4 is 4.74 Å². The number of esters is 1. The van der Waals surface area contributed by atoms with Crippen LogP contribution in [0, 0.1) is 23.2 Å². The molecular formula is C24H27NO2. The van der Waals surface area contributed by atoms with Gasteiger partial charge in [0.2, 0.25) is 0 Å². The normalized spacial score (nSPS) is 31.1. The summed E-state index contributed by atoms with van der Waals surface area (Å²) in [5.41, 5.74) is 2.81. The standard InChI is InChI=1S/C24H27NO2/c1-2-16-5-7-20(8-6-16)22-21(4-3-9-25-22)27-23(26)24-13-17-10-18(14-24)12-19(11-17)15-24/h3-9,17-19H,2,10-15H2,1H3. The summed E-state index contributed by atoms with van der Waals surface area (Å²) in [6.45, 7) is 2.15. The van der Waals surface area contributed by atoms with Crippen LogP contribution in [0.2, 0.25) is 0 Å². The first-order valence-electron chi connectivity index (χ1n) is 10.4. The first-order valence-corrected chi connectivity index (χ1v) is 10.4. The molecule has 4 aliphatic rings. The Kier molecular flexibility index (Phi) is 4.07. The molecule has 1 heterocycles. The van der Waals surface area contributed by atoms with Crippen LogP contribution in [0.15, 0.2) is 42.6 Å². The third-order valence-corrected chi connectivity index (χ3v) is 7.08. The summed E-state index contributed by atoms with van der Waals surface area (Å²) in [5.74, 6) is 2.79. The summed E-state index contributed by atoms with van der Waals surface area (Å²) in [6, 6.07) is 12.1. The second-order valence-electron chi connectivity index (χ2n) is 8.99. The molecule has 0 saturated heterocycles. The van der Waals surface area contributed by atoms with Gasteiger partial charge in [-0.3, -0.25) is 9.78 Å². The number of hydrogen-bond acceptors (Lipinski definition) is 3. The zero-order chi connectivity index (χ0) is 18.4. The molecule has 1 aromatic heterocycles. The van der Waals surface area contributed by atoms with Gasteiger partial charge in [-0.15, -0.1) is 0 Å². The predicted molar refractivity (Wildman–Crippen MR) is 105 cm³/mol. The summed E-state index contributed by atoms with van der Waals surface area (Å²) < 4.78 is 6.04. The molecule has 140 valence electrons. The molecule has 0 amide bonds. The monoisotopic (exact) mass is 361 g/mol. The number of pyridine rings is 1. The first-order chi connectivity index (χ1) is 13.1. The van der Waals surface area contributed by atoms with E-state index in [2.05, 4.69) is 36.2 Å². The highest BCUT2D eigenvalue weighted by atomic mass is 16.5. The van der Waals surface area contributed by atoms with Crippen molar-refractivity contribution >= 4 is 5.97 Å². The van der Waals surface area contributed by atoms with Crippen molar-refractivity contribution in [2.24, 2.45) is 23.2 Å². The molecule has 4 fully saturated rings. The Balaban J connectivity index is 1.42. The van der Waals surface area contributed by atoms with Gasteiger partial charge in [-0.05, 0) is 80.4 Å². The highest BCUT2D eigenvalue weighted by Crippen LogP contribution is 2.60. The van der Waals surface area contributed by atoms with Gasteiger partial charge in [-0.2, -0.15) is 0 Å². The number of nitrogens with zero attached hydrogens (tertiary/aromatic N) is 1. The summed E-state index contributed by atoms with van der Waals surface area (Å²) in [4.78, 5) is 17.8. The van der Waals surface area contributed by atoms with Crippen LogP contribution in [0.25, 0.3) is 11.3 Å². The van der Waals surface area contributed by atoms with Crippen LogP contribution in [0.4, 0.5) is 0 Å². The molecule has 0 spiro atoms. The number of carbonyl (C=O) groups excluding carboxylic acids is 1. The molecule has 0 unspecified atom stereocenters. The van der Waals surface area contributed by atoms with Crippen molar-refractivity contribution in [3.05, 3.63) is 48.2 Å². The van der Waals surface area contributed by atoms with Gasteiger partial charge in [0.15, 0.2) is 5.75 Å². The van der Waals surface area contributed by atoms with Crippen molar-refractivity contribution in [3.8, 4) is 17.0 Å². The van der Waals surface area contributed by atoms with Crippen LogP contribution in [-0.4, -0.2) is 11.0 Å². The summed E-state index contributed by atoms with van der Waals surface area (Å²) in [7, 11) is 0. The molecule has 4 bridgehead atoms. The largest absolute Gasteiger partial charge is 0.424 e. The topological polar surface area (TPSA) is 39.2 Å². The predicted octanol–water partition coefficient (Wildman–Crippen LogP) is 5.43. The van der Waals surface area contributed by atoms with Gasteiger partial charge < -0.3 is 4.74 Å². The number of carbonyl (C=O) groups is 1. The lowest BCUT2D eigenvalue weighted by atomic mass is 9.49. The third kappa shape index (κ3) is 2.97. The highest BCUT2D eigenvalue weighted by molar-refractivity contribution is 5.82. The molecule has 1 aromatic carbocycles. The van der Waals surface area contributed by atoms with E-state index < -0.39 is 0 Å². The highest BCUT2D eigenvalue weighted by Gasteiger charge is 2.55. The van der Waals surface area contributed by atoms with Crippen LogP contribution in [0.1, 0.15) is 51.0 Å². The number of aryl methyl sites for hydroxylation is 1. The quantitative estimate of drug-likeness (QED) is 0.681. The molecule has 27 heavy (non-hydrogen) atoms. The fourth-order valence-corrected chi connectivity index (χ4v) is 6.16. The minimum atomic E-state index is -0.242. The van der Waals surface area contributed by atoms with E-state index in [4.69, 9.17) is 4.74 Å². The molecule has 0 N–H and O–H groups in total. The molecule has 6 rings (SSSR count). The van der Waals surface area contributed by atoms with E-state index in [1.807, 2.05) is 12.1 Å². The van der Waals surface area contributed by atoms with Crippen molar-refractivity contribution in [3.63, 3.8) is 0 Å². The molecule has 0 radical (unpaired) electrons. The van der Waals surface area contributed by atoms with Crippen molar-refractivity contribution in [1.29, 1.82) is 0 Å². The van der Waals surface area contributed by atoms with Crippen LogP contribution in [0.5, 0.6) is 5.75 Å². The maximum atomic E-state index is 13.3. The number of ether oxygens (including phenoxy) is 1. The van der Waals surface area contributed by atoms with Crippen molar-refractivity contribution in [2.45, 2.75) is 51.9 Å². The Hall–Kier alpha value is -2.16. The Bertz CT molecular complexity index is 820. The Morgan fingerprint density at radius 1 is 1.04 bits per heavy atom. The zero-order valence-corrected chi connectivity index (χ0v) is 16.0. The van der Waals surface area contributed by atoms with Gasteiger partial charge in [-0.25, -0.2) is 0 Å². The minimum Gasteiger partial charge on any atom is -0.424 e. The Morgan fingerprint density at radius 2 is 1.67 bits per heavy atom. The van der Waals surface area contributed by atoms with E-state index >= 15 is 0 Å². The lowest BCUT2D eigenvalue weighted by Crippen LogP contribution is -2.51. The van der Waals surface area contributed by atoms with Crippen LogP contribution in [0.3, 0.4) is 0 Å². The molecule has 3 heteroatoms. The summed E-state index contributed by atoms with van der Waals surface area (Å²) >= 11 is 0. The first kappa shape index (κ1) is 17.0. The maximum Gasteiger partial charge on any atom is 0.317 e. The lowest BCUT2D eigenvalue weighted by Gasteiger charge is -2.55. The van der Waals surface area contributed by atoms with E-state index in [1.54, 1.807) is 6.20 Å². The van der Waals surface area contributed by atoms with E-state index in [0.29, 0.717) is 5.75 Å². The van der Waals surface area contributed by atoms with Gasteiger partial charge in [-0.1, -0.05) is 31.2 Å². The number of hydrogen-bond donors (Lipinski definition) is 0. The summed E-state index contributed by atoms with van der Waals surface area (Å²) in [6.07, 6.45) is 9.84. The van der Waals surface area contributed by atoms with E-state index in [0.717, 1.165) is 54.7 Å². The smallest absolute Gasteiger partial charge is 0.317 e. The third-order valence-electron chi connectivity index (χ3n) is 7.08. The maximum absolute atomic E-state index is 13.3. The van der Waals surface area contributed by atoms with Crippen LogP contribution >= 0.6 is 0 Å². The van der Waals surface area contributed by atoms with Gasteiger partial charge in [0.1, 0.15) is 5.69 Å². The zero-order valence-electron chi connectivity index (χ0n) is 16.0. The second-order valence-corrected chi connectivity index (χ2v) is 8.99. The molecule has 4 saturated carbocycles. The Labute approximate surface area is 161 Å². The van der Waals surface area contributed by atoms with Gasteiger partial charge >= 0.3 is 5.97 Å². The summed E-state index contributed by atoms with van der Waals surface area (Å²) in [5, 5.41) is 0. The molecule has 2 aromatic rings. The van der Waals surface area contributed by atoms with Gasteiger partial charge in [0.25, 0.3) is 0 Å². The molecule has 0 atom stereocenters. The van der Waals surface area contributed by atoms with E-state index in [1.165, 1.54) is 24.8 Å². The molecular weight excluding hydrogens is 334 g/mol. The van der Waals surface area contributed by atoms with E-state index in [9.17, 15) is 4.79 Å². The fraction of sp³-hybridized carbons (Fsp3) is 0.500. The lowest BCUT2D eigenvalue weighted by molar-refractivity contribution is -0.161. The average Bonchev–Trinajstić information content (AvgIpc) is 2.67. The van der Waals surface area contributed by atoms with Crippen molar-refractivity contribution in [2.75, 3.05) is 0 Å². The molecule has 4 aliphatic carbocycles. The van der Waals surface area contributed by atoms with E-state index in [-0.39, 0.29) is 11.4 Å². The number of aromatic nitrogens is 1. The van der Waals surface area contributed by atoms with Gasteiger partial charge in [0, 0.05) is 11.8 Å². The van der Waals surface area contributed by atoms with Crippen LogP contribution in [-0.2, 0) is 11.2 Å². The van der Waals surface area contributed by atoms with Crippen molar-refractivity contribution in [1.82, 2.24) is 4.98 Å². The molecule has 0 aliphatic heterocycles. The SMILES string of the molecule is CCc1ccc(-c2ncccc2OC(=O)C23CC4CC(CC(C4)C2)C3)cc1. The second kappa shape index (κ2) is 6.47. The van der Waals surface area contributed by atoms with Gasteiger partial charge in [0.05, 0.1) is 5.41 Å². The average molecular weight is 361 g/mol. The molecule has 3 nitrogen and oxygen atoms in total. The minimum absolute atomic E-state index is 0.0129. The number of rotatable bonds is 4. The van der Waals surface area contributed by atoms with Crippen molar-refractivity contribution < 1.29 is 9.53 Å².